The van der Waals surface area contributed by atoms with Gasteiger partial charge in [-0.15, -0.1) is 0 Å². The van der Waals surface area contributed by atoms with E-state index in [-0.39, 0.29) is 0 Å². The molecule has 0 saturated carbocycles. The number of aliphatic hydroxyl groups excluding tert-OH is 4. The summed E-state index contributed by atoms with van der Waals surface area (Å²) in [7, 11) is 0. The Balaban J connectivity index is 3.17. The minimum atomic E-state index is -1.99. The lowest BCUT2D eigenvalue weighted by Crippen LogP contribution is -2.45. The molecule has 12 heavy (non-hydrogen) atoms. The maximum absolute atomic E-state index is 10.7. The molecule has 66 valence electrons. The summed E-state index contributed by atoms with van der Waals surface area (Å²) < 4.78 is 0. The van der Waals surface area contributed by atoms with Crippen molar-refractivity contribution in [1.82, 2.24) is 0 Å². The molecule has 0 aromatic carbocycles. The van der Waals surface area contributed by atoms with Crippen molar-refractivity contribution < 1.29 is 30.0 Å². The molecular weight excluding hydrogens is 168 g/mol. The van der Waals surface area contributed by atoms with Crippen LogP contribution in [0.2, 0.25) is 0 Å². The molecule has 0 aliphatic heterocycles. The average Bonchev–Trinajstić information content (AvgIpc) is 2.08. The van der Waals surface area contributed by atoms with Gasteiger partial charge in [-0.25, -0.2) is 0 Å². The number of aliphatic hydroxyl groups is 4. The normalized spacial score (nSPS) is 31.2. The summed E-state index contributed by atoms with van der Waals surface area (Å²) in [6.45, 7) is 0. The molecule has 0 aromatic rings. The van der Waals surface area contributed by atoms with Crippen LogP contribution in [0.25, 0.3) is 0 Å². The zero-order valence-electron chi connectivity index (χ0n) is 5.76. The van der Waals surface area contributed by atoms with Crippen LogP contribution in [0.15, 0.2) is 11.5 Å². The predicted octanol–water partition coefficient (Wildman–Crippen LogP) is -1.81. The molecule has 0 saturated heterocycles. The Morgan fingerprint density at radius 2 is 1.08 bits per heavy atom. The molecule has 0 amide bonds. The van der Waals surface area contributed by atoms with Crippen molar-refractivity contribution in [3.05, 3.63) is 11.5 Å². The number of ketones is 2. The van der Waals surface area contributed by atoms with Gasteiger partial charge >= 0.3 is 0 Å². The number of hydrogen-bond donors (Lipinski definition) is 4. The summed E-state index contributed by atoms with van der Waals surface area (Å²) in [5.41, 5.74) is 0. The summed E-state index contributed by atoms with van der Waals surface area (Å²) in [4.78, 5) is 21.3. The lowest BCUT2D eigenvalue weighted by atomic mass is 9.96. The predicted molar refractivity (Wildman–Crippen MR) is 34.3 cm³/mol. The van der Waals surface area contributed by atoms with Crippen LogP contribution in [-0.2, 0) is 9.59 Å². The lowest BCUT2D eigenvalue weighted by molar-refractivity contribution is -0.145. The van der Waals surface area contributed by atoms with E-state index in [9.17, 15) is 9.59 Å². The Labute approximate surface area is 66.4 Å². The summed E-state index contributed by atoms with van der Waals surface area (Å²) in [5, 5.41) is 34.9. The van der Waals surface area contributed by atoms with Crippen LogP contribution in [-0.4, -0.2) is 44.2 Å². The molecule has 6 heteroatoms. The van der Waals surface area contributed by atoms with Crippen LogP contribution < -0.4 is 0 Å². The van der Waals surface area contributed by atoms with Gasteiger partial charge < -0.3 is 20.4 Å². The molecule has 1 aliphatic carbocycles. The molecule has 2 unspecified atom stereocenters. The topological polar surface area (TPSA) is 115 Å². The van der Waals surface area contributed by atoms with Gasteiger partial charge in [0.2, 0.25) is 23.1 Å². The molecule has 6 nitrogen and oxygen atoms in total. The lowest BCUT2D eigenvalue weighted by Gasteiger charge is -2.19. The highest BCUT2D eigenvalue weighted by atomic mass is 16.4. The number of rotatable bonds is 0. The molecule has 0 aromatic heterocycles. The van der Waals surface area contributed by atoms with Gasteiger partial charge in [0.1, 0.15) is 0 Å². The molecular formula is C6H6O6. The third kappa shape index (κ3) is 0.973. The Morgan fingerprint density at radius 3 is 1.33 bits per heavy atom. The highest BCUT2D eigenvalue weighted by Gasteiger charge is 2.41. The van der Waals surface area contributed by atoms with Crippen molar-refractivity contribution in [1.29, 1.82) is 0 Å². The second kappa shape index (κ2) is 2.58. The maximum Gasteiger partial charge on any atom is 0.232 e. The number of hydrogen-bond acceptors (Lipinski definition) is 6. The standard InChI is InChI=1S/C6H6O6/c7-1-2(8)4(10)6(12)5(11)3(1)9/h1-2,7-8,11-12H. The molecule has 0 spiro atoms. The first kappa shape index (κ1) is 8.69. The van der Waals surface area contributed by atoms with Crippen molar-refractivity contribution in [3.8, 4) is 0 Å². The fourth-order valence-corrected chi connectivity index (χ4v) is 0.800. The molecule has 0 radical (unpaired) electrons. The molecule has 0 fully saturated rings. The maximum atomic E-state index is 10.7. The summed E-state index contributed by atoms with van der Waals surface area (Å²) in [6, 6.07) is 0. The van der Waals surface area contributed by atoms with E-state index in [0.29, 0.717) is 0 Å². The first-order valence-electron chi connectivity index (χ1n) is 3.03. The van der Waals surface area contributed by atoms with Gasteiger partial charge in [-0.2, -0.15) is 0 Å². The molecule has 2 atom stereocenters. The fourth-order valence-electron chi connectivity index (χ4n) is 0.800. The zero-order chi connectivity index (χ0) is 9.46. The first-order valence-corrected chi connectivity index (χ1v) is 3.03. The minimum absolute atomic E-state index is 1.21. The first-order chi connectivity index (χ1) is 5.46. The monoisotopic (exact) mass is 174 g/mol. The van der Waals surface area contributed by atoms with Crippen LogP contribution in [0.3, 0.4) is 0 Å². The largest absolute Gasteiger partial charge is 0.502 e. The molecule has 0 bridgehead atoms. The van der Waals surface area contributed by atoms with E-state index in [1.807, 2.05) is 0 Å². The molecule has 1 rings (SSSR count). The molecule has 1 aliphatic rings. The van der Waals surface area contributed by atoms with Gasteiger partial charge in [0.05, 0.1) is 0 Å². The minimum Gasteiger partial charge on any atom is -0.502 e. The van der Waals surface area contributed by atoms with Gasteiger partial charge in [-0.1, -0.05) is 0 Å². The van der Waals surface area contributed by atoms with Crippen LogP contribution in [0.1, 0.15) is 0 Å². The quantitative estimate of drug-likeness (QED) is 0.344. The molecule has 0 heterocycles. The SMILES string of the molecule is O=C1C(O)=C(O)C(=O)C(O)C1O. The van der Waals surface area contributed by atoms with E-state index in [1.54, 1.807) is 0 Å². The van der Waals surface area contributed by atoms with Crippen LogP contribution in [0.5, 0.6) is 0 Å². The number of carbonyl (C=O) groups excluding carboxylic acids is 2. The van der Waals surface area contributed by atoms with Gasteiger partial charge in [0.25, 0.3) is 0 Å². The molecule has 4 N–H and O–H groups in total. The van der Waals surface area contributed by atoms with Gasteiger partial charge in [-0.05, 0) is 0 Å². The number of Topliss-reactive ketones (excluding diaryl/α,β-unsaturated/α-hetero) is 2. The smallest absolute Gasteiger partial charge is 0.232 e. The van der Waals surface area contributed by atoms with Crippen LogP contribution >= 0.6 is 0 Å². The average molecular weight is 174 g/mol. The van der Waals surface area contributed by atoms with E-state index < -0.39 is 35.3 Å². The van der Waals surface area contributed by atoms with E-state index in [2.05, 4.69) is 0 Å². The fraction of sp³-hybridized carbons (Fsp3) is 0.333. The summed E-state index contributed by atoms with van der Waals surface area (Å²) in [5.74, 6) is -4.95. The van der Waals surface area contributed by atoms with Gasteiger partial charge in [-0.3, -0.25) is 9.59 Å². The highest BCUT2D eigenvalue weighted by molar-refractivity contribution is 6.13. The van der Waals surface area contributed by atoms with Crippen molar-refractivity contribution in [2.45, 2.75) is 12.2 Å². The zero-order valence-corrected chi connectivity index (χ0v) is 5.76. The Kier molecular flexibility index (Phi) is 1.87. The number of carbonyl (C=O) groups is 2. The Morgan fingerprint density at radius 1 is 0.833 bits per heavy atom. The van der Waals surface area contributed by atoms with E-state index in [4.69, 9.17) is 20.4 Å². The Bertz CT molecular complexity index is 250. The summed E-state index contributed by atoms with van der Waals surface area (Å²) >= 11 is 0. The van der Waals surface area contributed by atoms with Gasteiger partial charge in [0, 0.05) is 0 Å². The van der Waals surface area contributed by atoms with Crippen LogP contribution in [0.4, 0.5) is 0 Å². The van der Waals surface area contributed by atoms with E-state index in [0.717, 1.165) is 0 Å². The highest BCUT2D eigenvalue weighted by Crippen LogP contribution is 2.15. The Hall–Kier alpha value is -1.40. The van der Waals surface area contributed by atoms with Gasteiger partial charge in [0.15, 0.2) is 12.2 Å². The van der Waals surface area contributed by atoms with Crippen molar-refractivity contribution in [3.63, 3.8) is 0 Å². The van der Waals surface area contributed by atoms with Crippen molar-refractivity contribution in [2.24, 2.45) is 0 Å². The van der Waals surface area contributed by atoms with Crippen molar-refractivity contribution in [2.75, 3.05) is 0 Å². The second-order valence-corrected chi connectivity index (χ2v) is 2.32. The van der Waals surface area contributed by atoms with E-state index in [1.165, 1.54) is 0 Å². The van der Waals surface area contributed by atoms with Crippen LogP contribution in [0, 0.1) is 0 Å². The van der Waals surface area contributed by atoms with E-state index >= 15 is 0 Å². The summed E-state index contributed by atoms with van der Waals surface area (Å²) in [6.07, 6.45) is -3.98. The third-order valence-electron chi connectivity index (χ3n) is 1.53. The second-order valence-electron chi connectivity index (χ2n) is 2.32. The third-order valence-corrected chi connectivity index (χ3v) is 1.53. The van der Waals surface area contributed by atoms with Crippen molar-refractivity contribution >= 4 is 11.6 Å².